The summed E-state index contributed by atoms with van der Waals surface area (Å²) in [7, 11) is -3.32. The van der Waals surface area contributed by atoms with Gasteiger partial charge in [0.05, 0.1) is 36.8 Å². The van der Waals surface area contributed by atoms with Crippen LogP contribution in [0.1, 0.15) is 10.4 Å². The van der Waals surface area contributed by atoms with E-state index in [0.717, 1.165) is 27.7 Å². The molecule has 9 heteroatoms. The minimum atomic E-state index is -3.32. The first-order chi connectivity index (χ1) is 14.9. The van der Waals surface area contributed by atoms with Crippen LogP contribution >= 0.6 is 22.7 Å². The van der Waals surface area contributed by atoms with Crippen LogP contribution in [0.5, 0.6) is 0 Å². The Bertz CT molecular complexity index is 1560. The van der Waals surface area contributed by atoms with Gasteiger partial charge in [-0.25, -0.2) is 18.4 Å². The first kappa shape index (κ1) is 19.8. The molecule has 3 aromatic heterocycles. The van der Waals surface area contributed by atoms with Gasteiger partial charge in [-0.3, -0.25) is 10.1 Å². The zero-order valence-corrected chi connectivity index (χ0v) is 18.6. The average Bonchev–Trinajstić information content (AvgIpc) is 3.41. The van der Waals surface area contributed by atoms with Crippen LogP contribution in [0.2, 0.25) is 0 Å². The third-order valence-electron chi connectivity index (χ3n) is 4.74. The summed E-state index contributed by atoms with van der Waals surface area (Å²) in [6.07, 6.45) is 1.16. The van der Waals surface area contributed by atoms with Crippen molar-refractivity contribution in [2.24, 2.45) is 0 Å². The van der Waals surface area contributed by atoms with Crippen molar-refractivity contribution in [2.45, 2.75) is 4.90 Å². The van der Waals surface area contributed by atoms with Crippen molar-refractivity contribution >= 4 is 64.7 Å². The molecule has 2 aromatic carbocycles. The lowest BCUT2D eigenvalue weighted by Gasteiger charge is -2.08. The molecule has 0 spiro atoms. The van der Waals surface area contributed by atoms with Crippen LogP contribution in [0.25, 0.3) is 31.7 Å². The van der Waals surface area contributed by atoms with Gasteiger partial charge in [-0.2, -0.15) is 0 Å². The molecule has 0 aliphatic carbocycles. The molecule has 154 valence electrons. The molecular formula is C22H15N3O3S3. The number of hydrogen-bond donors (Lipinski definition) is 1. The highest BCUT2D eigenvalue weighted by Crippen LogP contribution is 2.31. The number of sulfone groups is 1. The van der Waals surface area contributed by atoms with Crippen LogP contribution in [-0.4, -0.2) is 30.5 Å². The predicted octanol–water partition coefficient (Wildman–Crippen LogP) is 5.23. The van der Waals surface area contributed by atoms with E-state index in [1.54, 1.807) is 29.5 Å². The monoisotopic (exact) mass is 465 g/mol. The number of carbonyl (C=O) groups excluding carboxylic acids is 1. The molecule has 1 amide bonds. The van der Waals surface area contributed by atoms with E-state index in [1.807, 2.05) is 41.8 Å². The van der Waals surface area contributed by atoms with E-state index >= 15 is 0 Å². The van der Waals surface area contributed by atoms with E-state index in [1.165, 1.54) is 17.4 Å². The molecule has 5 rings (SSSR count). The number of pyridine rings is 1. The van der Waals surface area contributed by atoms with Crippen LogP contribution in [-0.2, 0) is 9.84 Å². The van der Waals surface area contributed by atoms with E-state index in [2.05, 4.69) is 10.3 Å². The highest BCUT2D eigenvalue weighted by atomic mass is 32.2. The molecule has 6 nitrogen and oxygen atoms in total. The minimum Gasteiger partial charge on any atom is -0.298 e. The van der Waals surface area contributed by atoms with Crippen LogP contribution in [0.15, 0.2) is 70.9 Å². The van der Waals surface area contributed by atoms with Crippen molar-refractivity contribution in [3.63, 3.8) is 0 Å². The van der Waals surface area contributed by atoms with Crippen LogP contribution in [0.3, 0.4) is 0 Å². The standard InChI is InChI=1S/C22H15N3O3S3/c1-31(27,28)13-8-9-17-20(11-13)30-22(24-17)25-21(26)15-12-18(19-7-4-10-29-19)23-16-6-3-2-5-14(15)16/h2-12H,1H3,(H,24,25,26). The van der Waals surface area contributed by atoms with Gasteiger partial charge in [-0.05, 0) is 41.8 Å². The highest BCUT2D eigenvalue weighted by Gasteiger charge is 2.17. The van der Waals surface area contributed by atoms with Crippen LogP contribution < -0.4 is 5.32 Å². The zero-order chi connectivity index (χ0) is 21.6. The number of nitrogens with zero attached hydrogens (tertiary/aromatic N) is 2. The van der Waals surface area contributed by atoms with Gasteiger partial charge in [0.2, 0.25) is 0 Å². The summed E-state index contributed by atoms with van der Waals surface area (Å²) in [6, 6.07) is 18.0. The third-order valence-corrected chi connectivity index (χ3v) is 7.68. The Kier molecular flexibility index (Phi) is 4.81. The van der Waals surface area contributed by atoms with Gasteiger partial charge in [-0.15, -0.1) is 11.3 Å². The van der Waals surface area contributed by atoms with Gasteiger partial charge >= 0.3 is 0 Å². The summed E-state index contributed by atoms with van der Waals surface area (Å²) >= 11 is 2.80. The van der Waals surface area contributed by atoms with Crippen molar-refractivity contribution < 1.29 is 13.2 Å². The second kappa shape index (κ2) is 7.52. The fourth-order valence-corrected chi connectivity index (χ4v) is 5.58. The minimum absolute atomic E-state index is 0.224. The lowest BCUT2D eigenvalue weighted by atomic mass is 10.1. The average molecular weight is 466 g/mol. The van der Waals surface area contributed by atoms with Crippen molar-refractivity contribution in [2.75, 3.05) is 11.6 Å². The molecule has 0 fully saturated rings. The number of carbonyl (C=O) groups is 1. The molecule has 0 aliphatic rings. The van der Waals surface area contributed by atoms with E-state index in [-0.39, 0.29) is 10.8 Å². The first-order valence-corrected chi connectivity index (χ1v) is 12.8. The van der Waals surface area contributed by atoms with Gasteiger partial charge in [0.1, 0.15) is 0 Å². The maximum atomic E-state index is 13.2. The summed E-state index contributed by atoms with van der Waals surface area (Å²) in [5, 5.41) is 5.99. The molecule has 0 saturated carbocycles. The normalized spacial score (nSPS) is 11.8. The maximum absolute atomic E-state index is 13.2. The number of amides is 1. The molecule has 0 radical (unpaired) electrons. The Morgan fingerprint density at radius 3 is 2.58 bits per heavy atom. The van der Waals surface area contributed by atoms with Gasteiger partial charge in [0, 0.05) is 11.6 Å². The molecule has 0 unspecified atom stereocenters. The predicted molar refractivity (Wildman–Crippen MR) is 126 cm³/mol. The summed E-state index contributed by atoms with van der Waals surface area (Å²) in [5.74, 6) is -0.293. The summed E-state index contributed by atoms with van der Waals surface area (Å²) in [5.41, 5.74) is 2.61. The second-order valence-corrected chi connectivity index (χ2v) is 10.9. The molecule has 31 heavy (non-hydrogen) atoms. The lowest BCUT2D eigenvalue weighted by Crippen LogP contribution is -2.12. The van der Waals surface area contributed by atoms with Crippen LogP contribution in [0.4, 0.5) is 5.13 Å². The highest BCUT2D eigenvalue weighted by molar-refractivity contribution is 7.90. The molecule has 0 bridgehead atoms. The number of nitrogens with one attached hydrogen (secondary N) is 1. The van der Waals surface area contributed by atoms with E-state index < -0.39 is 9.84 Å². The number of hydrogen-bond acceptors (Lipinski definition) is 7. The first-order valence-electron chi connectivity index (χ1n) is 9.24. The van der Waals surface area contributed by atoms with Crippen molar-refractivity contribution in [1.29, 1.82) is 0 Å². The number of thiophene rings is 1. The molecule has 0 atom stereocenters. The van der Waals surface area contributed by atoms with Gasteiger partial charge in [0.25, 0.3) is 5.91 Å². The zero-order valence-electron chi connectivity index (χ0n) is 16.2. The lowest BCUT2D eigenvalue weighted by molar-refractivity contribution is 0.102. The van der Waals surface area contributed by atoms with Gasteiger partial charge in [0.15, 0.2) is 15.0 Å². The molecule has 1 N–H and O–H groups in total. The number of anilines is 1. The molecule has 0 aliphatic heterocycles. The van der Waals surface area contributed by atoms with Gasteiger partial charge in [-0.1, -0.05) is 35.6 Å². The van der Waals surface area contributed by atoms with E-state index in [4.69, 9.17) is 4.98 Å². The van der Waals surface area contributed by atoms with Crippen molar-refractivity contribution in [3.8, 4) is 10.6 Å². The fourth-order valence-electron chi connectivity index (χ4n) is 3.27. The number of aromatic nitrogens is 2. The summed E-state index contributed by atoms with van der Waals surface area (Å²) in [4.78, 5) is 23.5. The maximum Gasteiger partial charge on any atom is 0.258 e. The smallest absolute Gasteiger partial charge is 0.258 e. The van der Waals surface area contributed by atoms with Crippen LogP contribution in [0, 0.1) is 0 Å². The Labute approximate surface area is 186 Å². The number of para-hydroxylation sites is 1. The topological polar surface area (TPSA) is 89.0 Å². The SMILES string of the molecule is CS(=O)(=O)c1ccc2nc(NC(=O)c3cc(-c4cccs4)nc4ccccc34)sc2c1. The van der Waals surface area contributed by atoms with E-state index in [9.17, 15) is 13.2 Å². The quantitative estimate of drug-likeness (QED) is 0.393. The Balaban J connectivity index is 1.54. The second-order valence-electron chi connectivity index (χ2n) is 6.92. The molecule has 5 aromatic rings. The number of thiazole rings is 1. The number of rotatable bonds is 4. The molecule has 3 heterocycles. The van der Waals surface area contributed by atoms with Crippen molar-refractivity contribution in [3.05, 3.63) is 71.6 Å². The third kappa shape index (κ3) is 3.83. The van der Waals surface area contributed by atoms with Crippen molar-refractivity contribution in [1.82, 2.24) is 9.97 Å². The summed E-state index contributed by atoms with van der Waals surface area (Å²) < 4.78 is 24.3. The number of fused-ring (bicyclic) bond motifs is 2. The Morgan fingerprint density at radius 2 is 1.81 bits per heavy atom. The fraction of sp³-hybridized carbons (Fsp3) is 0.0455. The van der Waals surface area contributed by atoms with Gasteiger partial charge < -0.3 is 0 Å². The Hall–Kier alpha value is -3.14. The molecular weight excluding hydrogens is 450 g/mol. The Morgan fingerprint density at radius 1 is 0.968 bits per heavy atom. The van der Waals surface area contributed by atoms with E-state index in [0.29, 0.717) is 20.9 Å². The number of benzene rings is 2. The summed E-state index contributed by atoms with van der Waals surface area (Å²) in [6.45, 7) is 0. The molecule has 0 saturated heterocycles. The largest absolute Gasteiger partial charge is 0.298 e.